The number of nitrogens with zero attached hydrogens (tertiary/aromatic N) is 1. The summed E-state index contributed by atoms with van der Waals surface area (Å²) in [5, 5.41) is 9.03. The summed E-state index contributed by atoms with van der Waals surface area (Å²) in [6, 6.07) is 12.9. The molecular formula is C12H13NS. The van der Waals surface area contributed by atoms with Crippen LogP contribution in [0.3, 0.4) is 0 Å². The Balaban J connectivity index is 2.05. The molecule has 0 bridgehead atoms. The second-order valence-electron chi connectivity index (χ2n) is 3.83. The van der Waals surface area contributed by atoms with Crippen molar-refractivity contribution in [3.8, 4) is 6.07 Å². The van der Waals surface area contributed by atoms with Crippen molar-refractivity contribution >= 4 is 11.8 Å². The highest BCUT2D eigenvalue weighted by Crippen LogP contribution is 2.51. The molecular weight excluding hydrogens is 190 g/mol. The van der Waals surface area contributed by atoms with E-state index in [-0.39, 0.29) is 4.75 Å². The van der Waals surface area contributed by atoms with Crippen molar-refractivity contribution in [1.82, 2.24) is 0 Å². The molecule has 0 aromatic heterocycles. The van der Waals surface area contributed by atoms with E-state index >= 15 is 0 Å². The third kappa shape index (κ3) is 1.53. The van der Waals surface area contributed by atoms with Gasteiger partial charge in [0.15, 0.2) is 0 Å². The van der Waals surface area contributed by atoms with Crippen LogP contribution >= 0.6 is 11.8 Å². The normalized spacial score (nSPS) is 30.4. The van der Waals surface area contributed by atoms with Gasteiger partial charge in [0.25, 0.3) is 0 Å². The maximum absolute atomic E-state index is 9.03. The molecule has 0 saturated heterocycles. The van der Waals surface area contributed by atoms with E-state index in [4.69, 9.17) is 5.26 Å². The fourth-order valence-corrected chi connectivity index (χ4v) is 2.83. The molecule has 2 rings (SSSR count). The Bertz CT molecular complexity index is 346. The maximum Gasteiger partial charge on any atom is 0.103 e. The molecule has 0 radical (unpaired) electrons. The molecule has 1 saturated carbocycles. The van der Waals surface area contributed by atoms with Gasteiger partial charge in [0.2, 0.25) is 0 Å². The molecule has 72 valence electrons. The van der Waals surface area contributed by atoms with Crippen LogP contribution in [0.5, 0.6) is 0 Å². The predicted octanol–water partition coefficient (Wildman–Crippen LogP) is 3.19. The highest BCUT2D eigenvalue weighted by molar-refractivity contribution is 8.00. The lowest BCUT2D eigenvalue weighted by Gasteiger charge is -2.41. The van der Waals surface area contributed by atoms with Gasteiger partial charge in [0.05, 0.1) is 6.07 Å². The number of rotatable bonds is 2. The van der Waals surface area contributed by atoms with Crippen LogP contribution in [0.1, 0.15) is 24.3 Å². The number of hydrogen-bond acceptors (Lipinski definition) is 2. The standard InChI is InChI=1S/C12H13NS/c1-14-12(9-13)7-11(8-12)10-5-3-2-4-6-10/h2-6,11H,7-8H2,1H3. The summed E-state index contributed by atoms with van der Waals surface area (Å²) < 4.78 is -0.0967. The maximum atomic E-state index is 9.03. The molecule has 0 amide bonds. The number of thioether (sulfide) groups is 1. The van der Waals surface area contributed by atoms with Gasteiger partial charge in [0, 0.05) is 0 Å². The minimum absolute atomic E-state index is 0.0967. The molecule has 1 aliphatic rings. The zero-order valence-corrected chi connectivity index (χ0v) is 9.05. The Morgan fingerprint density at radius 3 is 2.50 bits per heavy atom. The van der Waals surface area contributed by atoms with Gasteiger partial charge in [-0.05, 0) is 30.6 Å². The summed E-state index contributed by atoms with van der Waals surface area (Å²) in [4.78, 5) is 0. The molecule has 2 heteroatoms. The summed E-state index contributed by atoms with van der Waals surface area (Å²) in [5.74, 6) is 0.600. The van der Waals surface area contributed by atoms with Gasteiger partial charge >= 0.3 is 0 Å². The molecule has 1 aromatic carbocycles. The van der Waals surface area contributed by atoms with Crippen LogP contribution in [0.4, 0.5) is 0 Å². The first-order valence-electron chi connectivity index (χ1n) is 4.81. The first-order valence-corrected chi connectivity index (χ1v) is 6.03. The minimum atomic E-state index is -0.0967. The molecule has 1 nitrogen and oxygen atoms in total. The van der Waals surface area contributed by atoms with E-state index in [2.05, 4.69) is 30.3 Å². The topological polar surface area (TPSA) is 23.8 Å². The molecule has 1 aliphatic carbocycles. The average Bonchev–Trinajstić information content (AvgIpc) is 2.19. The number of benzene rings is 1. The summed E-state index contributed by atoms with van der Waals surface area (Å²) in [7, 11) is 0. The first-order chi connectivity index (χ1) is 6.79. The Morgan fingerprint density at radius 1 is 1.36 bits per heavy atom. The zero-order valence-electron chi connectivity index (χ0n) is 8.23. The van der Waals surface area contributed by atoms with Gasteiger partial charge in [-0.15, -0.1) is 11.8 Å². The smallest absolute Gasteiger partial charge is 0.103 e. The van der Waals surface area contributed by atoms with Gasteiger partial charge in [-0.2, -0.15) is 5.26 Å². The molecule has 0 unspecified atom stereocenters. The third-order valence-corrected chi connectivity index (χ3v) is 4.22. The monoisotopic (exact) mass is 203 g/mol. The van der Waals surface area contributed by atoms with Crippen molar-refractivity contribution in [3.63, 3.8) is 0 Å². The quantitative estimate of drug-likeness (QED) is 0.737. The highest BCUT2D eigenvalue weighted by Gasteiger charge is 2.44. The van der Waals surface area contributed by atoms with Crippen molar-refractivity contribution in [1.29, 1.82) is 5.26 Å². The van der Waals surface area contributed by atoms with Gasteiger partial charge < -0.3 is 0 Å². The van der Waals surface area contributed by atoms with Gasteiger partial charge in [0.1, 0.15) is 4.75 Å². The molecule has 0 heterocycles. The fourth-order valence-electron chi connectivity index (χ4n) is 2.00. The SMILES string of the molecule is CSC1(C#N)CC(c2ccccc2)C1. The second kappa shape index (κ2) is 3.67. The van der Waals surface area contributed by atoms with E-state index in [9.17, 15) is 0 Å². The van der Waals surface area contributed by atoms with Crippen molar-refractivity contribution in [2.24, 2.45) is 0 Å². The van der Waals surface area contributed by atoms with Crippen LogP contribution in [0.2, 0.25) is 0 Å². The predicted molar refractivity (Wildman–Crippen MR) is 60.3 cm³/mol. The van der Waals surface area contributed by atoms with E-state index in [1.54, 1.807) is 11.8 Å². The van der Waals surface area contributed by atoms with Gasteiger partial charge in [-0.3, -0.25) is 0 Å². The molecule has 0 atom stereocenters. The summed E-state index contributed by atoms with van der Waals surface area (Å²) in [6.07, 6.45) is 4.05. The van der Waals surface area contributed by atoms with Crippen LogP contribution < -0.4 is 0 Å². The Morgan fingerprint density at radius 2 is 2.00 bits per heavy atom. The lowest BCUT2D eigenvalue weighted by atomic mass is 9.71. The van der Waals surface area contributed by atoms with Crippen molar-refractivity contribution < 1.29 is 0 Å². The van der Waals surface area contributed by atoms with Gasteiger partial charge in [-0.25, -0.2) is 0 Å². The summed E-state index contributed by atoms with van der Waals surface area (Å²) in [5.41, 5.74) is 1.38. The van der Waals surface area contributed by atoms with E-state index in [0.717, 1.165) is 12.8 Å². The molecule has 1 fully saturated rings. The number of nitriles is 1. The second-order valence-corrected chi connectivity index (χ2v) is 5.02. The van der Waals surface area contributed by atoms with E-state index in [1.807, 2.05) is 12.3 Å². The average molecular weight is 203 g/mol. The number of hydrogen-bond donors (Lipinski definition) is 0. The van der Waals surface area contributed by atoms with Crippen LogP contribution in [0.15, 0.2) is 30.3 Å². The molecule has 0 spiro atoms. The van der Waals surface area contributed by atoms with Crippen LogP contribution in [-0.2, 0) is 0 Å². The molecule has 0 N–H and O–H groups in total. The zero-order chi connectivity index (χ0) is 10.0. The van der Waals surface area contributed by atoms with Crippen LogP contribution in [0, 0.1) is 11.3 Å². The fraction of sp³-hybridized carbons (Fsp3) is 0.417. The Kier molecular flexibility index (Phi) is 2.52. The van der Waals surface area contributed by atoms with Crippen LogP contribution in [-0.4, -0.2) is 11.0 Å². The Labute approximate surface area is 89.1 Å². The van der Waals surface area contributed by atoms with E-state index in [0.29, 0.717) is 5.92 Å². The summed E-state index contributed by atoms with van der Waals surface area (Å²) >= 11 is 1.70. The largest absolute Gasteiger partial charge is 0.197 e. The van der Waals surface area contributed by atoms with E-state index < -0.39 is 0 Å². The first kappa shape index (κ1) is 9.61. The van der Waals surface area contributed by atoms with Crippen molar-refractivity contribution in [2.45, 2.75) is 23.5 Å². The minimum Gasteiger partial charge on any atom is -0.197 e. The van der Waals surface area contributed by atoms with Crippen LogP contribution in [0.25, 0.3) is 0 Å². The summed E-state index contributed by atoms with van der Waals surface area (Å²) in [6.45, 7) is 0. The highest BCUT2D eigenvalue weighted by atomic mass is 32.2. The molecule has 0 aliphatic heterocycles. The molecule has 14 heavy (non-hydrogen) atoms. The van der Waals surface area contributed by atoms with Crippen molar-refractivity contribution in [3.05, 3.63) is 35.9 Å². The third-order valence-electron chi connectivity index (χ3n) is 3.02. The van der Waals surface area contributed by atoms with Gasteiger partial charge in [-0.1, -0.05) is 30.3 Å². The Hall–Kier alpha value is -0.940. The lowest BCUT2D eigenvalue weighted by molar-refractivity contribution is 0.369. The molecule has 1 aromatic rings. The van der Waals surface area contributed by atoms with E-state index in [1.165, 1.54) is 5.56 Å². The van der Waals surface area contributed by atoms with Crippen molar-refractivity contribution in [2.75, 3.05) is 6.26 Å². The lowest BCUT2D eigenvalue weighted by Crippen LogP contribution is -2.37.